The first kappa shape index (κ1) is 20.4. The van der Waals surface area contributed by atoms with Crippen molar-refractivity contribution >= 4 is 23.1 Å². The van der Waals surface area contributed by atoms with Gasteiger partial charge in [-0.15, -0.1) is 0 Å². The van der Waals surface area contributed by atoms with E-state index in [2.05, 4.69) is 43.7 Å². The first-order chi connectivity index (χ1) is 13.3. The van der Waals surface area contributed by atoms with Crippen LogP contribution in [0.4, 0.5) is 23.7 Å². The summed E-state index contributed by atoms with van der Waals surface area (Å²) in [6.07, 6.45) is -3.15. The first-order valence-electron chi connectivity index (χ1n) is 8.79. The number of ether oxygens (including phenoxy) is 1. The van der Waals surface area contributed by atoms with E-state index in [0.717, 1.165) is 13.1 Å². The van der Waals surface area contributed by atoms with Crippen LogP contribution in [0.3, 0.4) is 0 Å². The molecule has 2 aromatic rings. The number of thiophene rings is 1. The number of carbonyl (C=O) groups excluding carboxylic acids is 1. The summed E-state index contributed by atoms with van der Waals surface area (Å²) in [6.45, 7) is 3.37. The van der Waals surface area contributed by atoms with E-state index in [0.29, 0.717) is 24.8 Å². The molecule has 1 saturated heterocycles. The minimum absolute atomic E-state index is 0.190. The molecule has 0 radical (unpaired) electrons. The molecule has 3 heterocycles. The van der Waals surface area contributed by atoms with Crippen LogP contribution in [0.25, 0.3) is 0 Å². The van der Waals surface area contributed by atoms with Gasteiger partial charge in [0.25, 0.3) is 0 Å². The number of pyridine rings is 1. The van der Waals surface area contributed by atoms with Crippen molar-refractivity contribution in [2.24, 2.45) is 0 Å². The van der Waals surface area contributed by atoms with Crippen LogP contribution in [-0.4, -0.2) is 59.8 Å². The molecule has 2 amide bonds. The fraction of sp³-hybridized carbons (Fsp3) is 0.444. The number of nitrogens with zero attached hydrogens (tertiary/aromatic N) is 3. The van der Waals surface area contributed by atoms with E-state index in [1.54, 1.807) is 16.2 Å². The Balaban J connectivity index is 1.50. The third-order valence-corrected chi connectivity index (χ3v) is 5.25. The summed E-state index contributed by atoms with van der Waals surface area (Å²) in [5.41, 5.74) is 1.61. The minimum atomic E-state index is -4.44. The predicted octanol–water partition coefficient (Wildman–Crippen LogP) is 3.99. The van der Waals surface area contributed by atoms with Gasteiger partial charge < -0.3 is 15.0 Å². The smallest absolute Gasteiger partial charge is 0.422 e. The first-order valence-corrected chi connectivity index (χ1v) is 9.74. The van der Waals surface area contributed by atoms with Gasteiger partial charge in [0.2, 0.25) is 5.88 Å². The molecule has 0 spiro atoms. The highest BCUT2D eigenvalue weighted by Gasteiger charge is 2.29. The molecule has 0 aromatic carbocycles. The van der Waals surface area contributed by atoms with Gasteiger partial charge in [-0.2, -0.15) is 24.5 Å². The lowest BCUT2D eigenvalue weighted by Gasteiger charge is -2.37. The maximum Gasteiger partial charge on any atom is 0.422 e. The van der Waals surface area contributed by atoms with Crippen LogP contribution in [0, 0.1) is 0 Å². The van der Waals surface area contributed by atoms with Gasteiger partial charge >= 0.3 is 12.2 Å². The summed E-state index contributed by atoms with van der Waals surface area (Å²) in [6, 6.07) is 4.89. The second-order valence-electron chi connectivity index (χ2n) is 6.47. The van der Waals surface area contributed by atoms with E-state index >= 15 is 0 Å². The number of piperazine rings is 1. The molecule has 2 aromatic heterocycles. The van der Waals surface area contributed by atoms with Crippen molar-refractivity contribution in [1.29, 1.82) is 0 Å². The topological polar surface area (TPSA) is 57.7 Å². The molecular weight excluding hydrogens is 393 g/mol. The van der Waals surface area contributed by atoms with Gasteiger partial charge in [-0.3, -0.25) is 4.90 Å². The van der Waals surface area contributed by atoms with Crippen LogP contribution in [-0.2, 0) is 0 Å². The summed E-state index contributed by atoms with van der Waals surface area (Å²) in [5.74, 6) is -0.190. The van der Waals surface area contributed by atoms with Crippen molar-refractivity contribution in [2.45, 2.75) is 19.1 Å². The Morgan fingerprint density at radius 3 is 2.71 bits per heavy atom. The van der Waals surface area contributed by atoms with Gasteiger partial charge in [-0.1, -0.05) is 0 Å². The van der Waals surface area contributed by atoms with Gasteiger partial charge in [0, 0.05) is 50.2 Å². The molecule has 0 bridgehead atoms. The third kappa shape index (κ3) is 5.59. The number of carbonyl (C=O) groups is 1. The quantitative estimate of drug-likeness (QED) is 0.804. The number of hydrogen-bond acceptors (Lipinski definition) is 5. The normalized spacial score (nSPS) is 16.6. The zero-order chi connectivity index (χ0) is 20.1. The van der Waals surface area contributed by atoms with Gasteiger partial charge in [0.05, 0.1) is 0 Å². The summed E-state index contributed by atoms with van der Waals surface area (Å²) < 4.78 is 41.3. The van der Waals surface area contributed by atoms with Gasteiger partial charge in [0.1, 0.15) is 0 Å². The monoisotopic (exact) mass is 414 g/mol. The van der Waals surface area contributed by atoms with Crippen molar-refractivity contribution < 1.29 is 22.7 Å². The standard InChI is InChI=1S/C18H21F3N4O2S/c1-13(14-3-9-28-11-14)24-5-7-25(8-6-24)17(26)23-15-2-4-22-16(10-15)27-12-18(19,20)21/h2-4,9-11,13H,5-8,12H2,1H3,(H,22,23,26). The maximum absolute atomic E-state index is 12.5. The Morgan fingerprint density at radius 1 is 1.32 bits per heavy atom. The highest BCUT2D eigenvalue weighted by molar-refractivity contribution is 7.07. The van der Waals surface area contributed by atoms with Crippen LogP contribution >= 0.6 is 11.3 Å². The molecular formula is C18H21F3N4O2S. The molecule has 1 aliphatic heterocycles. The number of aromatic nitrogens is 1. The summed E-state index contributed by atoms with van der Waals surface area (Å²) in [7, 11) is 0. The molecule has 3 rings (SSSR count). The second-order valence-corrected chi connectivity index (χ2v) is 7.25. The summed E-state index contributed by atoms with van der Waals surface area (Å²) in [5, 5.41) is 6.87. The van der Waals surface area contributed by atoms with Crippen LogP contribution in [0.1, 0.15) is 18.5 Å². The Labute approximate surface area is 164 Å². The highest BCUT2D eigenvalue weighted by Crippen LogP contribution is 2.24. The van der Waals surface area contributed by atoms with E-state index < -0.39 is 12.8 Å². The zero-order valence-corrected chi connectivity index (χ0v) is 16.1. The van der Waals surface area contributed by atoms with E-state index in [9.17, 15) is 18.0 Å². The Morgan fingerprint density at radius 2 is 2.07 bits per heavy atom. The number of amides is 2. The lowest BCUT2D eigenvalue weighted by atomic mass is 10.1. The number of hydrogen-bond donors (Lipinski definition) is 1. The summed E-state index contributed by atoms with van der Waals surface area (Å²) in [4.78, 5) is 20.2. The van der Waals surface area contributed by atoms with Crippen LogP contribution < -0.4 is 10.1 Å². The molecule has 6 nitrogen and oxygen atoms in total. The lowest BCUT2D eigenvalue weighted by molar-refractivity contribution is -0.154. The zero-order valence-electron chi connectivity index (χ0n) is 15.3. The molecule has 152 valence electrons. The van der Waals surface area contributed by atoms with Gasteiger partial charge in [-0.25, -0.2) is 9.78 Å². The second kappa shape index (κ2) is 8.78. The van der Waals surface area contributed by atoms with Crippen LogP contribution in [0.15, 0.2) is 35.2 Å². The minimum Gasteiger partial charge on any atom is -0.468 e. The van der Waals surface area contributed by atoms with Gasteiger partial charge in [0.15, 0.2) is 6.61 Å². The number of rotatable bonds is 5. The number of alkyl halides is 3. The molecule has 1 fully saturated rings. The molecule has 0 aliphatic carbocycles. The molecule has 1 aliphatic rings. The van der Waals surface area contributed by atoms with E-state index in [1.165, 1.54) is 23.9 Å². The largest absolute Gasteiger partial charge is 0.468 e. The Bertz CT molecular complexity index is 777. The van der Waals surface area contributed by atoms with Gasteiger partial charge in [-0.05, 0) is 35.4 Å². The maximum atomic E-state index is 12.5. The number of nitrogens with one attached hydrogen (secondary N) is 1. The van der Waals surface area contributed by atoms with Crippen molar-refractivity contribution in [1.82, 2.24) is 14.8 Å². The van der Waals surface area contributed by atoms with E-state index in [4.69, 9.17) is 0 Å². The predicted molar refractivity (Wildman–Crippen MR) is 101 cm³/mol. The molecule has 28 heavy (non-hydrogen) atoms. The Hall–Kier alpha value is -2.33. The van der Waals surface area contributed by atoms with E-state index in [1.807, 2.05) is 0 Å². The Kier molecular flexibility index (Phi) is 6.40. The lowest BCUT2D eigenvalue weighted by Crippen LogP contribution is -2.50. The SMILES string of the molecule is CC(c1ccsc1)N1CCN(C(=O)Nc2ccnc(OCC(F)(F)F)c2)CC1. The molecule has 1 unspecified atom stereocenters. The average molecular weight is 414 g/mol. The van der Waals surface area contributed by atoms with Crippen LogP contribution in [0.5, 0.6) is 5.88 Å². The molecule has 1 N–H and O–H groups in total. The van der Waals surface area contributed by atoms with Crippen LogP contribution in [0.2, 0.25) is 0 Å². The fourth-order valence-electron chi connectivity index (χ4n) is 2.96. The van der Waals surface area contributed by atoms with Crippen molar-refractivity contribution in [2.75, 3.05) is 38.1 Å². The number of halogens is 3. The average Bonchev–Trinajstić information content (AvgIpc) is 3.20. The fourth-order valence-corrected chi connectivity index (χ4v) is 3.71. The number of anilines is 1. The van der Waals surface area contributed by atoms with Crippen molar-refractivity contribution in [3.05, 3.63) is 40.7 Å². The van der Waals surface area contributed by atoms with Crippen molar-refractivity contribution in [3.63, 3.8) is 0 Å². The molecule has 10 heteroatoms. The molecule has 1 atom stereocenters. The number of urea groups is 1. The molecule has 0 saturated carbocycles. The summed E-state index contributed by atoms with van der Waals surface area (Å²) >= 11 is 1.67. The van der Waals surface area contributed by atoms with Crippen molar-refractivity contribution in [3.8, 4) is 5.88 Å². The highest BCUT2D eigenvalue weighted by atomic mass is 32.1. The third-order valence-electron chi connectivity index (χ3n) is 4.54. The van der Waals surface area contributed by atoms with E-state index in [-0.39, 0.29) is 11.9 Å².